The van der Waals surface area contributed by atoms with Gasteiger partial charge in [0.15, 0.2) is 0 Å². The van der Waals surface area contributed by atoms with Crippen LogP contribution in [0.25, 0.3) is 0 Å². The summed E-state index contributed by atoms with van der Waals surface area (Å²) in [6, 6.07) is 17.4. The Labute approximate surface area is 319 Å². The van der Waals surface area contributed by atoms with E-state index in [-0.39, 0.29) is 10.8 Å². The molecule has 8 heteroatoms. The average molecular weight is 717 g/mol. The van der Waals surface area contributed by atoms with E-state index in [9.17, 15) is 0 Å². The van der Waals surface area contributed by atoms with Crippen molar-refractivity contribution in [3.05, 3.63) is 141 Å². The number of fused-ring (bicyclic) bond motifs is 10. The quantitative estimate of drug-likeness (QED) is 0.139. The zero-order chi connectivity index (χ0) is 38.0. The molecule has 0 saturated carbocycles. The summed E-state index contributed by atoms with van der Waals surface area (Å²) in [6.07, 6.45) is 19.9. The summed E-state index contributed by atoms with van der Waals surface area (Å²) in [7, 11) is 0. The highest BCUT2D eigenvalue weighted by Gasteiger charge is 2.33. The van der Waals surface area contributed by atoms with Gasteiger partial charge < -0.3 is 19.9 Å². The number of nitrogens with one attached hydrogen (secondary N) is 4. The summed E-state index contributed by atoms with van der Waals surface area (Å²) >= 11 is 0. The summed E-state index contributed by atoms with van der Waals surface area (Å²) in [5, 5.41) is 0. The molecule has 4 aromatic heterocycles. The molecule has 0 aliphatic carbocycles. The molecule has 276 valence electrons. The topological polar surface area (TPSA) is 113 Å². The lowest BCUT2D eigenvalue weighted by Gasteiger charge is -2.30. The first-order chi connectivity index (χ1) is 26.1. The van der Waals surface area contributed by atoms with Crippen LogP contribution in [-0.2, 0) is 10.8 Å². The summed E-state index contributed by atoms with van der Waals surface area (Å²) in [5.41, 5.74) is 16.4. The fraction of sp³-hybridized carbons (Fsp3) is 0.304. The highest BCUT2D eigenvalue weighted by atomic mass is 14.9. The lowest BCUT2D eigenvalue weighted by Crippen LogP contribution is -2.24. The maximum atomic E-state index is 4.99. The van der Waals surface area contributed by atoms with Crippen molar-refractivity contribution >= 4 is 47.6 Å². The Hall–Kier alpha value is -5.76. The van der Waals surface area contributed by atoms with Gasteiger partial charge in [0.25, 0.3) is 0 Å². The number of aromatic amines is 4. The number of H-pyrrole nitrogens is 4. The van der Waals surface area contributed by atoms with Crippen LogP contribution < -0.4 is 0 Å². The number of hydrogen-bond donors (Lipinski definition) is 4. The SMILES string of the molecule is CCC1(CC)c2c[nH]c(c2)C=Nc2cc(C)c(C)cc2N=Cc2cc(c[nH]2)C(CC)(CC)c2c[nH]c(c2)C=Nc2cc(C)c(C)cc2N=Cc2cc1c[nH]2. The van der Waals surface area contributed by atoms with Crippen molar-refractivity contribution in [2.75, 3.05) is 0 Å². The minimum atomic E-state index is -0.182. The van der Waals surface area contributed by atoms with Gasteiger partial charge in [0.1, 0.15) is 0 Å². The lowest BCUT2D eigenvalue weighted by atomic mass is 9.72. The number of aromatic nitrogens is 4. The van der Waals surface area contributed by atoms with E-state index in [0.29, 0.717) is 0 Å². The molecule has 0 fully saturated rings. The minimum Gasteiger partial charge on any atom is -0.360 e. The van der Waals surface area contributed by atoms with Gasteiger partial charge in [0, 0.05) is 35.6 Å². The van der Waals surface area contributed by atoms with Gasteiger partial charge in [0.2, 0.25) is 0 Å². The van der Waals surface area contributed by atoms with Crippen LogP contribution in [0.4, 0.5) is 22.7 Å². The van der Waals surface area contributed by atoms with Crippen LogP contribution in [0.3, 0.4) is 0 Å². The molecule has 0 saturated heterocycles. The molecule has 0 atom stereocenters. The second-order valence-electron chi connectivity index (χ2n) is 14.8. The molecule has 5 heterocycles. The molecule has 0 spiro atoms. The third-order valence-electron chi connectivity index (χ3n) is 12.0. The van der Waals surface area contributed by atoms with Crippen LogP contribution >= 0.6 is 0 Å². The molecule has 1 aliphatic heterocycles. The van der Waals surface area contributed by atoms with Gasteiger partial charge in [-0.3, -0.25) is 20.0 Å². The number of benzene rings is 2. The van der Waals surface area contributed by atoms with E-state index in [4.69, 9.17) is 20.0 Å². The minimum absolute atomic E-state index is 0.182. The van der Waals surface area contributed by atoms with Crippen molar-refractivity contribution in [3.8, 4) is 0 Å². The van der Waals surface area contributed by atoms with E-state index < -0.39 is 0 Å². The van der Waals surface area contributed by atoms with Gasteiger partial charge in [-0.2, -0.15) is 0 Å². The van der Waals surface area contributed by atoms with Crippen LogP contribution in [0.15, 0.2) is 93.3 Å². The number of hydrogen-bond acceptors (Lipinski definition) is 4. The zero-order valence-corrected chi connectivity index (χ0v) is 32.9. The maximum Gasteiger partial charge on any atom is 0.0889 e. The molecular weight excluding hydrogens is 665 g/mol. The second kappa shape index (κ2) is 14.9. The molecule has 7 rings (SSSR count). The summed E-state index contributed by atoms with van der Waals surface area (Å²) < 4.78 is 0. The van der Waals surface area contributed by atoms with Gasteiger partial charge >= 0.3 is 0 Å². The number of aryl methyl sites for hydroxylation is 4. The summed E-state index contributed by atoms with van der Waals surface area (Å²) in [6.45, 7) is 17.5. The molecule has 0 unspecified atom stereocenters. The first-order valence-corrected chi connectivity index (χ1v) is 19.3. The van der Waals surface area contributed by atoms with Crippen molar-refractivity contribution in [1.82, 2.24) is 19.9 Å². The molecule has 0 radical (unpaired) electrons. The zero-order valence-electron chi connectivity index (χ0n) is 32.9. The molecular formula is C46H52N8. The van der Waals surface area contributed by atoms with Crippen LogP contribution in [0.5, 0.6) is 0 Å². The fourth-order valence-corrected chi connectivity index (χ4v) is 8.06. The van der Waals surface area contributed by atoms with Gasteiger partial charge in [-0.25, -0.2) is 0 Å². The van der Waals surface area contributed by atoms with Crippen molar-refractivity contribution in [3.63, 3.8) is 0 Å². The lowest BCUT2D eigenvalue weighted by molar-refractivity contribution is 0.479. The molecule has 6 aromatic rings. The first kappa shape index (κ1) is 36.6. The Kier molecular flexibility index (Phi) is 10.1. The first-order valence-electron chi connectivity index (χ1n) is 19.3. The predicted octanol–water partition coefficient (Wildman–Crippen LogP) is 11.8. The monoisotopic (exact) mass is 716 g/mol. The molecule has 8 nitrogen and oxygen atoms in total. The van der Waals surface area contributed by atoms with E-state index >= 15 is 0 Å². The summed E-state index contributed by atoms with van der Waals surface area (Å²) in [5.74, 6) is 0. The van der Waals surface area contributed by atoms with E-state index in [2.05, 4.69) is 149 Å². The number of rotatable bonds is 4. The third-order valence-corrected chi connectivity index (χ3v) is 12.0. The number of aliphatic imine (C=N–C) groups is 4. The Balaban J connectivity index is 1.37. The van der Waals surface area contributed by atoms with Crippen LogP contribution in [0.2, 0.25) is 0 Å². The smallest absolute Gasteiger partial charge is 0.0889 e. The van der Waals surface area contributed by atoms with Crippen molar-refractivity contribution in [1.29, 1.82) is 0 Å². The molecule has 54 heavy (non-hydrogen) atoms. The van der Waals surface area contributed by atoms with Crippen molar-refractivity contribution < 1.29 is 0 Å². The van der Waals surface area contributed by atoms with E-state index in [1.807, 2.05) is 24.9 Å². The van der Waals surface area contributed by atoms with Gasteiger partial charge in [-0.15, -0.1) is 0 Å². The van der Waals surface area contributed by atoms with Gasteiger partial charge in [-0.05, 0) is 146 Å². The molecule has 8 bridgehead atoms. The normalized spacial score (nSPS) is 15.0. The van der Waals surface area contributed by atoms with Crippen LogP contribution in [0.1, 0.15) is 121 Å². The average Bonchev–Trinajstić information content (AvgIpc) is 4.02. The predicted molar refractivity (Wildman–Crippen MR) is 227 cm³/mol. The second-order valence-corrected chi connectivity index (χ2v) is 14.8. The van der Waals surface area contributed by atoms with Crippen molar-refractivity contribution in [2.24, 2.45) is 20.0 Å². The molecule has 4 N–H and O–H groups in total. The molecule has 1 aliphatic rings. The Morgan fingerprint density at radius 3 is 0.796 bits per heavy atom. The van der Waals surface area contributed by atoms with Gasteiger partial charge in [-0.1, -0.05) is 27.7 Å². The van der Waals surface area contributed by atoms with Gasteiger partial charge in [0.05, 0.1) is 70.4 Å². The fourth-order valence-electron chi connectivity index (χ4n) is 8.06. The van der Waals surface area contributed by atoms with E-state index in [1.165, 1.54) is 44.5 Å². The Morgan fingerprint density at radius 1 is 0.370 bits per heavy atom. The Morgan fingerprint density at radius 2 is 0.593 bits per heavy atom. The third kappa shape index (κ3) is 6.77. The van der Waals surface area contributed by atoms with E-state index in [1.54, 1.807) is 0 Å². The van der Waals surface area contributed by atoms with E-state index in [0.717, 1.165) is 71.2 Å². The maximum absolute atomic E-state index is 4.99. The summed E-state index contributed by atoms with van der Waals surface area (Å²) in [4.78, 5) is 33.9. The largest absolute Gasteiger partial charge is 0.360 e. The highest BCUT2D eigenvalue weighted by molar-refractivity contribution is 5.87. The van der Waals surface area contributed by atoms with Crippen LogP contribution in [-0.4, -0.2) is 44.8 Å². The Bertz CT molecular complexity index is 2070. The highest BCUT2D eigenvalue weighted by Crippen LogP contribution is 2.41. The molecule has 2 aromatic carbocycles. The molecule has 0 amide bonds. The van der Waals surface area contributed by atoms with Crippen molar-refractivity contribution in [2.45, 2.75) is 91.9 Å². The number of nitrogens with zero attached hydrogens (tertiary/aromatic N) is 4. The van der Waals surface area contributed by atoms with Crippen LogP contribution in [0, 0.1) is 27.7 Å². The standard InChI is InChI=1S/C46H52N8/c1-9-45(10-2)33-17-37(47-21-33)25-51-41-13-29(5)31(7)15-43(41)53-27-39-19-35(23-49-39)46(11-3,12-4)36-20-40(50-24-36)28-54-44-16-32(8)30(6)14-42(44)52-26-38-18-34(45)22-48-38/h13-28,47-50H,9-12H2,1-8H3.